The number of benzene rings is 1. The molecule has 1 heterocycles. The lowest BCUT2D eigenvalue weighted by molar-refractivity contribution is -0.123. The zero-order valence-electron chi connectivity index (χ0n) is 12.0. The van der Waals surface area contributed by atoms with E-state index in [0.29, 0.717) is 13.2 Å². The fraction of sp³-hybridized carbons (Fsp3) is 0.533. The van der Waals surface area contributed by atoms with E-state index in [0.717, 1.165) is 24.2 Å². The normalized spacial score (nSPS) is 18.8. The molecule has 0 aliphatic carbocycles. The molecule has 2 rings (SSSR count). The van der Waals surface area contributed by atoms with E-state index in [1.165, 1.54) is 0 Å². The summed E-state index contributed by atoms with van der Waals surface area (Å²) in [6.45, 7) is 1.76. The molecular weight excluding hydrogens is 256 g/mol. The molecule has 1 amide bonds. The molecule has 1 aromatic carbocycles. The van der Waals surface area contributed by atoms with E-state index in [1.807, 2.05) is 24.3 Å². The van der Waals surface area contributed by atoms with E-state index in [4.69, 9.17) is 9.47 Å². The van der Waals surface area contributed by atoms with E-state index in [1.54, 1.807) is 14.2 Å². The summed E-state index contributed by atoms with van der Waals surface area (Å²) < 4.78 is 10.3. The number of hydrogen-bond donors (Lipinski definition) is 2. The third-order valence-corrected chi connectivity index (χ3v) is 3.59. The van der Waals surface area contributed by atoms with Gasteiger partial charge in [-0.3, -0.25) is 4.79 Å². The van der Waals surface area contributed by atoms with E-state index in [2.05, 4.69) is 10.6 Å². The molecule has 2 unspecified atom stereocenters. The number of anilines is 1. The Bertz CT molecular complexity index is 450. The van der Waals surface area contributed by atoms with Gasteiger partial charge in [-0.15, -0.1) is 0 Å². The highest BCUT2D eigenvalue weighted by atomic mass is 16.5. The second kappa shape index (κ2) is 7.26. The maximum atomic E-state index is 12.4. The van der Waals surface area contributed by atoms with Crippen LogP contribution in [-0.4, -0.2) is 45.9 Å². The van der Waals surface area contributed by atoms with Crippen molar-refractivity contribution in [3.8, 4) is 0 Å². The van der Waals surface area contributed by atoms with E-state index in [-0.39, 0.29) is 17.9 Å². The molecule has 110 valence electrons. The van der Waals surface area contributed by atoms with Crippen molar-refractivity contribution in [2.24, 2.45) is 0 Å². The maximum absolute atomic E-state index is 12.4. The van der Waals surface area contributed by atoms with Crippen LogP contribution >= 0.6 is 0 Å². The highest BCUT2D eigenvalue weighted by Gasteiger charge is 2.26. The predicted octanol–water partition coefficient (Wildman–Crippen LogP) is 1.36. The zero-order valence-corrected chi connectivity index (χ0v) is 12.0. The summed E-state index contributed by atoms with van der Waals surface area (Å²) in [5.74, 6) is -0.0374. The summed E-state index contributed by atoms with van der Waals surface area (Å²) in [6, 6.07) is 7.97. The van der Waals surface area contributed by atoms with Crippen LogP contribution in [0.2, 0.25) is 0 Å². The second-order valence-electron chi connectivity index (χ2n) is 4.91. The third-order valence-electron chi connectivity index (χ3n) is 3.59. The van der Waals surface area contributed by atoms with Gasteiger partial charge in [0, 0.05) is 33.0 Å². The highest BCUT2D eigenvalue weighted by Crippen LogP contribution is 2.31. The fourth-order valence-electron chi connectivity index (χ4n) is 2.47. The number of para-hydroxylation sites is 1. The number of carbonyl (C=O) groups is 1. The van der Waals surface area contributed by atoms with E-state index < -0.39 is 0 Å². The molecule has 0 radical (unpaired) electrons. The van der Waals surface area contributed by atoms with E-state index >= 15 is 0 Å². The Balaban J connectivity index is 1.97. The summed E-state index contributed by atoms with van der Waals surface area (Å²) in [5.41, 5.74) is 2.12. The van der Waals surface area contributed by atoms with Gasteiger partial charge >= 0.3 is 0 Å². The lowest BCUT2D eigenvalue weighted by Gasteiger charge is -2.26. The van der Waals surface area contributed by atoms with Crippen LogP contribution in [0.3, 0.4) is 0 Å². The number of nitrogens with one attached hydrogen (secondary N) is 2. The van der Waals surface area contributed by atoms with Crippen LogP contribution < -0.4 is 10.6 Å². The molecule has 2 atom stereocenters. The quantitative estimate of drug-likeness (QED) is 0.825. The molecule has 0 spiro atoms. The van der Waals surface area contributed by atoms with Crippen molar-refractivity contribution in [2.75, 3.05) is 39.2 Å². The third kappa shape index (κ3) is 3.49. The Labute approximate surface area is 119 Å². The standard InChI is InChI=1S/C15H22N2O3/c1-19-10-11(20-2)9-17-15(18)13-7-8-16-14-6-4-3-5-12(13)14/h3-6,11,13,16H,7-10H2,1-2H3,(H,17,18). The van der Waals surface area contributed by atoms with Crippen molar-refractivity contribution >= 4 is 11.6 Å². The van der Waals surface area contributed by atoms with Crippen molar-refractivity contribution < 1.29 is 14.3 Å². The first-order valence-electron chi connectivity index (χ1n) is 6.88. The van der Waals surface area contributed by atoms with Crippen molar-refractivity contribution in [3.05, 3.63) is 29.8 Å². The molecule has 5 heteroatoms. The molecule has 2 N–H and O–H groups in total. The highest BCUT2D eigenvalue weighted by molar-refractivity contribution is 5.86. The monoisotopic (exact) mass is 278 g/mol. The van der Waals surface area contributed by atoms with Gasteiger partial charge in [0.2, 0.25) is 5.91 Å². The van der Waals surface area contributed by atoms with Gasteiger partial charge in [0.05, 0.1) is 18.6 Å². The molecule has 0 fully saturated rings. The van der Waals surface area contributed by atoms with Gasteiger partial charge in [0.25, 0.3) is 0 Å². The predicted molar refractivity (Wildman–Crippen MR) is 78.0 cm³/mol. The van der Waals surface area contributed by atoms with Crippen LogP contribution in [0.5, 0.6) is 0 Å². The SMILES string of the molecule is COCC(CNC(=O)C1CCNc2ccccc21)OC. The molecule has 0 aromatic heterocycles. The van der Waals surface area contributed by atoms with Gasteiger partial charge in [-0.1, -0.05) is 18.2 Å². The maximum Gasteiger partial charge on any atom is 0.227 e. The average molecular weight is 278 g/mol. The van der Waals surface area contributed by atoms with Gasteiger partial charge < -0.3 is 20.1 Å². The smallest absolute Gasteiger partial charge is 0.227 e. The lowest BCUT2D eigenvalue weighted by Crippen LogP contribution is -2.39. The molecule has 20 heavy (non-hydrogen) atoms. The molecule has 0 bridgehead atoms. The molecule has 1 aliphatic rings. The van der Waals surface area contributed by atoms with Crippen molar-refractivity contribution in [1.29, 1.82) is 0 Å². The molecule has 0 saturated heterocycles. The van der Waals surface area contributed by atoms with Crippen LogP contribution in [0.1, 0.15) is 17.9 Å². The molecule has 1 aromatic rings. The number of hydrogen-bond acceptors (Lipinski definition) is 4. The summed E-state index contributed by atoms with van der Waals surface area (Å²) >= 11 is 0. The van der Waals surface area contributed by atoms with Gasteiger partial charge in [-0.25, -0.2) is 0 Å². The Morgan fingerprint density at radius 3 is 3.00 bits per heavy atom. The van der Waals surface area contributed by atoms with Crippen LogP contribution in [0.15, 0.2) is 24.3 Å². The lowest BCUT2D eigenvalue weighted by atomic mass is 9.90. The number of methoxy groups -OCH3 is 2. The first kappa shape index (κ1) is 14.8. The largest absolute Gasteiger partial charge is 0.385 e. The fourth-order valence-corrected chi connectivity index (χ4v) is 2.47. The number of ether oxygens (including phenoxy) is 2. The number of rotatable bonds is 6. The number of amides is 1. The number of fused-ring (bicyclic) bond motifs is 1. The minimum atomic E-state index is -0.110. The van der Waals surface area contributed by atoms with Gasteiger partial charge in [0.15, 0.2) is 0 Å². The van der Waals surface area contributed by atoms with Crippen LogP contribution in [-0.2, 0) is 14.3 Å². The van der Waals surface area contributed by atoms with Crippen molar-refractivity contribution in [2.45, 2.75) is 18.4 Å². The Morgan fingerprint density at radius 1 is 1.45 bits per heavy atom. The summed E-state index contributed by atoms with van der Waals surface area (Å²) in [5, 5.41) is 6.28. The average Bonchev–Trinajstić information content (AvgIpc) is 2.50. The first-order chi connectivity index (χ1) is 9.76. The van der Waals surface area contributed by atoms with Crippen molar-refractivity contribution in [3.63, 3.8) is 0 Å². The molecular formula is C15H22N2O3. The van der Waals surface area contributed by atoms with Crippen molar-refractivity contribution in [1.82, 2.24) is 5.32 Å². The van der Waals surface area contributed by atoms with Gasteiger partial charge in [0.1, 0.15) is 0 Å². The molecule has 1 aliphatic heterocycles. The zero-order chi connectivity index (χ0) is 14.4. The summed E-state index contributed by atoms with van der Waals surface area (Å²) in [4.78, 5) is 12.4. The van der Waals surface area contributed by atoms with Crippen LogP contribution in [0.25, 0.3) is 0 Å². The molecule has 0 saturated carbocycles. The summed E-state index contributed by atoms with van der Waals surface area (Å²) in [7, 11) is 3.24. The second-order valence-corrected chi connectivity index (χ2v) is 4.91. The molecule has 5 nitrogen and oxygen atoms in total. The van der Waals surface area contributed by atoms with Gasteiger partial charge in [-0.05, 0) is 18.1 Å². The topological polar surface area (TPSA) is 59.6 Å². The first-order valence-corrected chi connectivity index (χ1v) is 6.88. The Hall–Kier alpha value is -1.59. The Kier molecular flexibility index (Phi) is 5.38. The minimum Gasteiger partial charge on any atom is -0.385 e. The van der Waals surface area contributed by atoms with Crippen LogP contribution in [0, 0.1) is 0 Å². The number of carbonyl (C=O) groups excluding carboxylic acids is 1. The summed E-state index contributed by atoms with van der Waals surface area (Å²) in [6.07, 6.45) is 0.700. The van der Waals surface area contributed by atoms with E-state index in [9.17, 15) is 4.79 Å². The Morgan fingerprint density at radius 2 is 2.25 bits per heavy atom. The van der Waals surface area contributed by atoms with Crippen LogP contribution in [0.4, 0.5) is 5.69 Å². The van der Waals surface area contributed by atoms with Gasteiger partial charge in [-0.2, -0.15) is 0 Å². The minimum absolute atomic E-state index is 0.0529.